The molecule has 1 aliphatic heterocycles. The Labute approximate surface area is 232 Å². The van der Waals surface area contributed by atoms with Gasteiger partial charge in [-0.25, -0.2) is 9.69 Å². The van der Waals surface area contributed by atoms with E-state index in [0.29, 0.717) is 16.3 Å². The minimum atomic E-state index is -1.42. The Hall–Kier alpha value is -5.15. The molecule has 0 aliphatic carbocycles. The number of ketones is 1. The van der Waals surface area contributed by atoms with Crippen LogP contribution in [0.15, 0.2) is 91.0 Å². The van der Waals surface area contributed by atoms with E-state index in [1.54, 1.807) is 49.4 Å². The fraction of sp³-hybridized carbons (Fsp3) is 0.0667. The van der Waals surface area contributed by atoms with Crippen molar-refractivity contribution >= 4 is 46.5 Å². The highest BCUT2D eigenvalue weighted by Crippen LogP contribution is 2.33. The number of fused-ring (bicyclic) bond motifs is 1. The van der Waals surface area contributed by atoms with Gasteiger partial charge in [-0.15, -0.1) is 0 Å². The molecule has 40 heavy (non-hydrogen) atoms. The third-order valence-corrected chi connectivity index (χ3v) is 6.70. The number of anilines is 1. The first-order valence-electron chi connectivity index (χ1n) is 12.0. The summed E-state index contributed by atoms with van der Waals surface area (Å²) in [5.41, 5.74) is 1.33. The van der Waals surface area contributed by atoms with E-state index >= 15 is 0 Å². The number of halogens is 1. The van der Waals surface area contributed by atoms with Gasteiger partial charge in [-0.2, -0.15) is 0 Å². The van der Waals surface area contributed by atoms with Crippen molar-refractivity contribution in [3.05, 3.63) is 140 Å². The van der Waals surface area contributed by atoms with Gasteiger partial charge in [0.2, 0.25) is 5.78 Å². The van der Waals surface area contributed by atoms with Crippen molar-refractivity contribution in [2.75, 3.05) is 4.90 Å². The van der Waals surface area contributed by atoms with Crippen molar-refractivity contribution in [1.82, 2.24) is 0 Å². The van der Waals surface area contributed by atoms with Crippen molar-refractivity contribution < 1.29 is 28.8 Å². The average molecular weight is 555 g/mol. The zero-order chi connectivity index (χ0) is 28.6. The van der Waals surface area contributed by atoms with E-state index in [9.17, 15) is 29.3 Å². The minimum Gasteiger partial charge on any atom is -0.445 e. The number of rotatable bonds is 7. The van der Waals surface area contributed by atoms with E-state index in [-0.39, 0.29) is 33.5 Å². The van der Waals surface area contributed by atoms with Gasteiger partial charge in [0.05, 0.1) is 27.3 Å². The number of nitro groups is 1. The second-order valence-corrected chi connectivity index (χ2v) is 9.44. The Morgan fingerprint density at radius 1 is 0.850 bits per heavy atom. The molecule has 0 unspecified atom stereocenters. The van der Waals surface area contributed by atoms with Crippen LogP contribution in [0.1, 0.15) is 58.7 Å². The van der Waals surface area contributed by atoms with E-state index in [1.165, 1.54) is 48.5 Å². The topological polar surface area (TPSA) is 124 Å². The number of carbonyl (C=O) groups excluding carboxylic acids is 4. The fourth-order valence-electron chi connectivity index (χ4n) is 4.38. The van der Waals surface area contributed by atoms with Gasteiger partial charge in [0.25, 0.3) is 17.5 Å². The Morgan fingerprint density at radius 3 is 2.20 bits per heavy atom. The predicted molar refractivity (Wildman–Crippen MR) is 146 cm³/mol. The smallest absolute Gasteiger partial charge is 0.339 e. The molecule has 4 aromatic carbocycles. The maximum absolute atomic E-state index is 13.3. The summed E-state index contributed by atoms with van der Waals surface area (Å²) < 4.78 is 5.62. The summed E-state index contributed by atoms with van der Waals surface area (Å²) in [6.07, 6.45) is -1.42. The van der Waals surface area contributed by atoms with Crippen LogP contribution in [-0.4, -0.2) is 28.5 Å². The molecule has 0 fully saturated rings. The molecule has 4 aromatic rings. The van der Waals surface area contributed by atoms with Crippen molar-refractivity contribution in [2.45, 2.75) is 13.0 Å². The lowest BCUT2D eigenvalue weighted by atomic mass is 9.99. The fourth-order valence-corrected chi connectivity index (χ4v) is 4.55. The predicted octanol–water partition coefficient (Wildman–Crippen LogP) is 6.14. The molecule has 0 spiro atoms. The molecule has 0 N–H and O–H groups in total. The van der Waals surface area contributed by atoms with Gasteiger partial charge in [0.15, 0.2) is 6.10 Å². The minimum absolute atomic E-state index is 0.0000901. The van der Waals surface area contributed by atoms with Crippen molar-refractivity contribution in [3.8, 4) is 0 Å². The van der Waals surface area contributed by atoms with Crippen LogP contribution >= 0.6 is 11.6 Å². The monoisotopic (exact) mass is 554 g/mol. The van der Waals surface area contributed by atoms with E-state index < -0.39 is 34.6 Å². The maximum Gasteiger partial charge on any atom is 0.339 e. The molecule has 1 heterocycles. The first-order valence-corrected chi connectivity index (χ1v) is 12.4. The molecule has 198 valence electrons. The highest BCUT2D eigenvalue weighted by atomic mass is 35.5. The summed E-state index contributed by atoms with van der Waals surface area (Å²) in [7, 11) is 0. The molecule has 5 rings (SSSR count). The molecule has 0 aromatic heterocycles. The van der Waals surface area contributed by atoms with Gasteiger partial charge in [-0.05, 0) is 55.0 Å². The number of benzene rings is 4. The van der Waals surface area contributed by atoms with E-state index in [2.05, 4.69) is 0 Å². The summed E-state index contributed by atoms with van der Waals surface area (Å²) >= 11 is 6.09. The maximum atomic E-state index is 13.3. The molecule has 0 saturated heterocycles. The number of nitrogens with zero attached hydrogens (tertiary/aromatic N) is 2. The number of esters is 1. The Bertz CT molecular complexity index is 1700. The van der Waals surface area contributed by atoms with Crippen LogP contribution < -0.4 is 4.90 Å². The number of carbonyl (C=O) groups is 4. The van der Waals surface area contributed by atoms with E-state index in [1.807, 2.05) is 0 Å². The molecule has 9 nitrogen and oxygen atoms in total. The van der Waals surface area contributed by atoms with Gasteiger partial charge < -0.3 is 4.74 Å². The number of amides is 2. The summed E-state index contributed by atoms with van der Waals surface area (Å²) in [4.78, 5) is 64.5. The zero-order valence-corrected chi connectivity index (χ0v) is 21.6. The summed E-state index contributed by atoms with van der Waals surface area (Å²) in [5.74, 6) is -2.66. The van der Waals surface area contributed by atoms with Crippen molar-refractivity contribution in [1.29, 1.82) is 0 Å². The molecule has 10 heteroatoms. The molecule has 2 amide bonds. The van der Waals surface area contributed by atoms with Crippen molar-refractivity contribution in [3.63, 3.8) is 0 Å². The van der Waals surface area contributed by atoms with Crippen LogP contribution in [0.2, 0.25) is 5.02 Å². The standard InChI is InChI=1S/C30H19ClN2O7/c1-17-7-11-21(31)16-25(17)32-28(35)23-14-10-20(15-24(23)29(32)36)30(37)40-27(26(34)18-5-3-2-4-6-18)19-8-12-22(13-9-19)33(38)39/h2-16,27H,1H3/t27-/m0/s1. The largest absolute Gasteiger partial charge is 0.445 e. The van der Waals surface area contributed by atoms with Crippen LogP contribution in [0.3, 0.4) is 0 Å². The normalized spacial score (nSPS) is 13.1. The van der Waals surface area contributed by atoms with E-state index in [0.717, 1.165) is 4.90 Å². The summed E-state index contributed by atoms with van der Waals surface area (Å²) in [6.45, 7) is 1.74. The van der Waals surface area contributed by atoms with Gasteiger partial charge in [-0.3, -0.25) is 24.5 Å². The van der Waals surface area contributed by atoms with Crippen LogP contribution in [0.5, 0.6) is 0 Å². The first kappa shape index (κ1) is 26.5. The molecular formula is C30H19ClN2O7. The highest BCUT2D eigenvalue weighted by molar-refractivity contribution is 6.36. The van der Waals surface area contributed by atoms with Crippen LogP contribution in [0.25, 0.3) is 0 Å². The number of Topliss-reactive ketones (excluding diaryl/α,β-unsaturated/α-hetero) is 1. The lowest BCUT2D eigenvalue weighted by Crippen LogP contribution is -2.30. The number of nitro benzene ring substituents is 1. The lowest BCUT2D eigenvalue weighted by molar-refractivity contribution is -0.384. The number of hydrogen-bond acceptors (Lipinski definition) is 7. The first-order chi connectivity index (χ1) is 19.2. The Morgan fingerprint density at radius 2 is 1.52 bits per heavy atom. The van der Waals surface area contributed by atoms with Crippen LogP contribution in [0, 0.1) is 17.0 Å². The van der Waals surface area contributed by atoms with Crippen LogP contribution in [-0.2, 0) is 4.74 Å². The third kappa shape index (κ3) is 4.85. The second-order valence-electron chi connectivity index (χ2n) is 9.00. The highest BCUT2D eigenvalue weighted by Gasteiger charge is 2.38. The molecule has 1 aliphatic rings. The quantitative estimate of drug-likeness (QED) is 0.0883. The number of ether oxygens (including phenoxy) is 1. The summed E-state index contributed by atoms with van der Waals surface area (Å²) in [5, 5.41) is 11.4. The summed E-state index contributed by atoms with van der Waals surface area (Å²) in [6, 6.07) is 22.0. The molecular weight excluding hydrogens is 536 g/mol. The Balaban J connectivity index is 1.47. The number of hydrogen-bond donors (Lipinski definition) is 0. The molecule has 0 radical (unpaired) electrons. The van der Waals surface area contributed by atoms with Gasteiger partial charge in [0, 0.05) is 28.3 Å². The number of aryl methyl sites for hydroxylation is 1. The van der Waals surface area contributed by atoms with Crippen molar-refractivity contribution in [2.24, 2.45) is 0 Å². The second kappa shape index (κ2) is 10.5. The van der Waals surface area contributed by atoms with Gasteiger partial charge in [-0.1, -0.05) is 48.0 Å². The molecule has 0 saturated carbocycles. The SMILES string of the molecule is Cc1ccc(Cl)cc1N1C(=O)c2ccc(C(=O)O[C@H](C(=O)c3ccccc3)c3ccc([N+](=O)[O-])cc3)cc2C1=O. The Kier molecular flexibility index (Phi) is 6.98. The van der Waals surface area contributed by atoms with E-state index in [4.69, 9.17) is 16.3 Å². The van der Waals surface area contributed by atoms with Gasteiger partial charge in [0.1, 0.15) is 0 Å². The third-order valence-electron chi connectivity index (χ3n) is 6.46. The number of imide groups is 1. The molecule has 0 bridgehead atoms. The lowest BCUT2D eigenvalue weighted by Gasteiger charge is -2.18. The molecule has 1 atom stereocenters. The van der Waals surface area contributed by atoms with Crippen LogP contribution in [0.4, 0.5) is 11.4 Å². The number of non-ortho nitro benzene ring substituents is 1. The van der Waals surface area contributed by atoms with Gasteiger partial charge >= 0.3 is 5.97 Å². The zero-order valence-electron chi connectivity index (χ0n) is 20.9. The average Bonchev–Trinajstić information content (AvgIpc) is 3.21.